The molecule has 1 aromatic carbocycles. The van der Waals surface area contributed by atoms with Crippen LogP contribution in [-0.4, -0.2) is 13.7 Å². The van der Waals surface area contributed by atoms with E-state index in [0.717, 1.165) is 24.9 Å². The third-order valence-electron chi connectivity index (χ3n) is 2.59. The molecular formula is C11H14FNO. The average Bonchev–Trinajstić information content (AvgIpc) is 2.69. The van der Waals surface area contributed by atoms with Gasteiger partial charge in [0.05, 0.1) is 7.11 Å². The second-order valence-corrected chi connectivity index (χ2v) is 3.57. The second-order valence-electron chi connectivity index (χ2n) is 3.57. The lowest BCUT2D eigenvalue weighted by Crippen LogP contribution is -2.13. The van der Waals surface area contributed by atoms with Crippen LogP contribution in [-0.2, 0) is 0 Å². The van der Waals surface area contributed by atoms with Crippen molar-refractivity contribution in [2.24, 2.45) is 0 Å². The fourth-order valence-corrected chi connectivity index (χ4v) is 1.87. The molecule has 0 unspecified atom stereocenters. The first-order valence-corrected chi connectivity index (χ1v) is 4.87. The molecule has 1 atom stereocenters. The summed E-state index contributed by atoms with van der Waals surface area (Å²) >= 11 is 0. The first-order chi connectivity index (χ1) is 6.79. The topological polar surface area (TPSA) is 21.3 Å². The van der Waals surface area contributed by atoms with E-state index >= 15 is 0 Å². The van der Waals surface area contributed by atoms with E-state index in [4.69, 9.17) is 4.74 Å². The highest BCUT2D eigenvalue weighted by Crippen LogP contribution is 2.26. The molecule has 14 heavy (non-hydrogen) atoms. The summed E-state index contributed by atoms with van der Waals surface area (Å²) in [6.45, 7) is 1.02. The van der Waals surface area contributed by atoms with Gasteiger partial charge in [0, 0.05) is 12.1 Å². The molecule has 2 rings (SSSR count). The predicted molar refractivity (Wildman–Crippen MR) is 52.9 cm³/mol. The third-order valence-corrected chi connectivity index (χ3v) is 2.59. The predicted octanol–water partition coefficient (Wildman–Crippen LogP) is 2.26. The minimum absolute atomic E-state index is 0.229. The molecule has 0 aliphatic carbocycles. The minimum Gasteiger partial charge on any atom is -0.497 e. The van der Waals surface area contributed by atoms with Gasteiger partial charge in [-0.05, 0) is 37.1 Å². The number of rotatable bonds is 2. The lowest BCUT2D eigenvalue weighted by molar-refractivity contribution is 0.409. The lowest BCUT2D eigenvalue weighted by atomic mass is 10.1. The van der Waals surface area contributed by atoms with Crippen LogP contribution in [0.15, 0.2) is 18.2 Å². The van der Waals surface area contributed by atoms with E-state index in [9.17, 15) is 4.39 Å². The Morgan fingerprint density at radius 2 is 2.29 bits per heavy atom. The van der Waals surface area contributed by atoms with E-state index in [-0.39, 0.29) is 5.82 Å². The summed E-state index contributed by atoms with van der Waals surface area (Å²) in [5.74, 6) is 0.363. The average molecular weight is 195 g/mol. The molecule has 0 amide bonds. The van der Waals surface area contributed by atoms with Crippen molar-refractivity contribution in [3.63, 3.8) is 0 Å². The number of hydrogen-bond acceptors (Lipinski definition) is 2. The van der Waals surface area contributed by atoms with Gasteiger partial charge in [0.15, 0.2) is 0 Å². The first-order valence-electron chi connectivity index (χ1n) is 4.87. The van der Waals surface area contributed by atoms with Crippen molar-refractivity contribution < 1.29 is 9.13 Å². The Morgan fingerprint density at radius 3 is 2.93 bits per heavy atom. The van der Waals surface area contributed by atoms with Gasteiger partial charge in [-0.2, -0.15) is 0 Å². The number of benzene rings is 1. The van der Waals surface area contributed by atoms with Crippen molar-refractivity contribution in [1.82, 2.24) is 5.32 Å². The molecule has 2 nitrogen and oxygen atoms in total. The Balaban J connectivity index is 2.27. The zero-order valence-corrected chi connectivity index (χ0v) is 8.22. The Labute approximate surface area is 83.1 Å². The first kappa shape index (κ1) is 9.46. The van der Waals surface area contributed by atoms with Crippen molar-refractivity contribution in [2.45, 2.75) is 18.9 Å². The van der Waals surface area contributed by atoms with Gasteiger partial charge in [0.2, 0.25) is 0 Å². The van der Waals surface area contributed by atoms with Gasteiger partial charge in [-0.3, -0.25) is 0 Å². The van der Waals surface area contributed by atoms with E-state index in [0.29, 0.717) is 11.8 Å². The number of halogens is 1. The molecule has 0 radical (unpaired) electrons. The summed E-state index contributed by atoms with van der Waals surface area (Å²) in [6.07, 6.45) is 2.23. The van der Waals surface area contributed by atoms with Crippen LogP contribution in [0.4, 0.5) is 4.39 Å². The van der Waals surface area contributed by atoms with Gasteiger partial charge >= 0.3 is 0 Å². The molecule has 0 aromatic heterocycles. The molecule has 1 heterocycles. The highest BCUT2D eigenvalue weighted by Gasteiger charge is 2.17. The molecular weight excluding hydrogens is 181 g/mol. The van der Waals surface area contributed by atoms with Gasteiger partial charge < -0.3 is 10.1 Å². The van der Waals surface area contributed by atoms with E-state index in [1.54, 1.807) is 13.2 Å². The molecule has 3 heteroatoms. The number of hydrogen-bond donors (Lipinski definition) is 1. The third kappa shape index (κ3) is 1.87. The Morgan fingerprint density at radius 1 is 1.43 bits per heavy atom. The smallest absolute Gasteiger partial charge is 0.127 e. The van der Waals surface area contributed by atoms with Crippen molar-refractivity contribution in [1.29, 1.82) is 0 Å². The molecule has 1 fully saturated rings. The summed E-state index contributed by atoms with van der Waals surface area (Å²) in [6, 6.07) is 5.16. The molecule has 76 valence electrons. The van der Waals surface area contributed by atoms with Gasteiger partial charge in [-0.1, -0.05) is 0 Å². The Bertz CT molecular complexity index is 321. The summed E-state index contributed by atoms with van der Waals surface area (Å²) in [4.78, 5) is 0. The van der Waals surface area contributed by atoms with Crippen molar-refractivity contribution >= 4 is 0 Å². The Kier molecular flexibility index (Phi) is 2.68. The molecule has 1 N–H and O–H groups in total. The fraction of sp³-hybridized carbons (Fsp3) is 0.455. The van der Waals surface area contributed by atoms with Crippen LogP contribution in [0.3, 0.4) is 0 Å². The van der Waals surface area contributed by atoms with Crippen molar-refractivity contribution in [3.8, 4) is 5.75 Å². The van der Waals surface area contributed by atoms with Crippen LogP contribution in [0.25, 0.3) is 0 Å². The number of methoxy groups -OCH3 is 1. The quantitative estimate of drug-likeness (QED) is 0.781. The highest BCUT2D eigenvalue weighted by atomic mass is 19.1. The lowest BCUT2D eigenvalue weighted by Gasteiger charge is -2.11. The number of ether oxygens (including phenoxy) is 1. The number of nitrogens with one attached hydrogen (secondary N) is 1. The normalized spacial score (nSPS) is 21.1. The standard InChI is InChI=1S/C11H14FNO/c1-14-10-6-8(5-9(12)7-10)11-3-2-4-13-11/h5-7,11,13H,2-4H2,1H3/t11-/m1/s1. The second kappa shape index (κ2) is 3.96. The monoisotopic (exact) mass is 195 g/mol. The zero-order valence-electron chi connectivity index (χ0n) is 8.22. The van der Waals surface area contributed by atoms with Crippen LogP contribution >= 0.6 is 0 Å². The molecule has 1 aliphatic heterocycles. The van der Waals surface area contributed by atoms with E-state index < -0.39 is 0 Å². The van der Waals surface area contributed by atoms with Crippen LogP contribution in [0.1, 0.15) is 24.4 Å². The molecule has 0 spiro atoms. The van der Waals surface area contributed by atoms with Crippen LogP contribution in [0, 0.1) is 5.82 Å². The van der Waals surface area contributed by atoms with E-state index in [2.05, 4.69) is 5.32 Å². The SMILES string of the molecule is COc1cc(F)cc([C@H]2CCCN2)c1. The van der Waals surface area contributed by atoms with Crippen molar-refractivity contribution in [3.05, 3.63) is 29.6 Å². The minimum atomic E-state index is -0.229. The summed E-state index contributed by atoms with van der Waals surface area (Å²) in [5.41, 5.74) is 0.986. The maximum absolute atomic E-state index is 13.2. The fourth-order valence-electron chi connectivity index (χ4n) is 1.87. The highest BCUT2D eigenvalue weighted by molar-refractivity contribution is 5.31. The van der Waals surface area contributed by atoms with Gasteiger partial charge in [-0.15, -0.1) is 0 Å². The zero-order chi connectivity index (χ0) is 9.97. The molecule has 1 aromatic rings. The summed E-state index contributed by atoms with van der Waals surface area (Å²) in [5, 5.41) is 3.33. The molecule has 0 saturated carbocycles. The van der Waals surface area contributed by atoms with Gasteiger partial charge in [0.1, 0.15) is 11.6 Å². The van der Waals surface area contributed by atoms with Crippen molar-refractivity contribution in [2.75, 3.05) is 13.7 Å². The van der Waals surface area contributed by atoms with Gasteiger partial charge in [0.25, 0.3) is 0 Å². The van der Waals surface area contributed by atoms with Gasteiger partial charge in [-0.25, -0.2) is 4.39 Å². The maximum Gasteiger partial charge on any atom is 0.127 e. The molecule has 1 saturated heterocycles. The van der Waals surface area contributed by atoms with Crippen LogP contribution in [0.5, 0.6) is 5.75 Å². The largest absolute Gasteiger partial charge is 0.497 e. The molecule has 0 bridgehead atoms. The Hall–Kier alpha value is -1.09. The molecule has 1 aliphatic rings. The van der Waals surface area contributed by atoms with Crippen LogP contribution in [0.2, 0.25) is 0 Å². The summed E-state index contributed by atoms with van der Waals surface area (Å²) < 4.78 is 18.2. The van der Waals surface area contributed by atoms with E-state index in [1.807, 2.05) is 6.07 Å². The summed E-state index contributed by atoms with van der Waals surface area (Å²) in [7, 11) is 1.56. The van der Waals surface area contributed by atoms with Crippen LogP contribution < -0.4 is 10.1 Å². The van der Waals surface area contributed by atoms with E-state index in [1.165, 1.54) is 6.07 Å². The maximum atomic E-state index is 13.2.